The predicted molar refractivity (Wildman–Crippen MR) is 89.7 cm³/mol. The molecule has 7 heteroatoms. The van der Waals surface area contributed by atoms with Gasteiger partial charge in [0.1, 0.15) is 6.61 Å². The van der Waals surface area contributed by atoms with Crippen molar-refractivity contribution in [2.24, 2.45) is 0 Å². The van der Waals surface area contributed by atoms with Crippen LogP contribution in [-0.4, -0.2) is 52.0 Å². The molecule has 134 valence electrons. The monoisotopic (exact) mass is 338 g/mol. The van der Waals surface area contributed by atoms with Gasteiger partial charge in [-0.25, -0.2) is 9.59 Å². The first kappa shape index (κ1) is 19.8. The molecule has 0 aromatic heterocycles. The maximum atomic E-state index is 11.8. The Morgan fingerprint density at radius 3 is 2.38 bits per heavy atom. The number of hydrogen-bond donors (Lipinski definition) is 3. The Hall–Kier alpha value is -2.28. The molecule has 0 aliphatic carbocycles. The molecule has 0 spiro atoms. The van der Waals surface area contributed by atoms with E-state index in [-0.39, 0.29) is 26.2 Å². The van der Waals surface area contributed by atoms with Crippen molar-refractivity contribution in [1.82, 2.24) is 10.2 Å². The summed E-state index contributed by atoms with van der Waals surface area (Å²) in [6.07, 6.45) is -1.50. The summed E-state index contributed by atoms with van der Waals surface area (Å²) in [5.41, 5.74) is 0.211. The zero-order valence-corrected chi connectivity index (χ0v) is 14.4. The van der Waals surface area contributed by atoms with Gasteiger partial charge in [0.2, 0.25) is 0 Å². The van der Waals surface area contributed by atoms with Gasteiger partial charge < -0.3 is 20.3 Å². The van der Waals surface area contributed by atoms with Gasteiger partial charge in [0, 0.05) is 18.7 Å². The summed E-state index contributed by atoms with van der Waals surface area (Å²) in [6.45, 7) is 5.32. The smallest absolute Gasteiger partial charge is 0.408 e. The van der Waals surface area contributed by atoms with Crippen LogP contribution in [0, 0.1) is 0 Å². The average molecular weight is 338 g/mol. The second kappa shape index (κ2) is 9.12. The quantitative estimate of drug-likeness (QED) is 0.709. The fraction of sp³-hybridized carbons (Fsp3) is 0.529. The van der Waals surface area contributed by atoms with Gasteiger partial charge in [0.05, 0.1) is 6.04 Å². The van der Waals surface area contributed by atoms with Crippen LogP contribution in [0.3, 0.4) is 0 Å². The lowest BCUT2D eigenvalue weighted by molar-refractivity contribution is 0.0586. The second-order valence-corrected chi connectivity index (χ2v) is 6.43. The molecule has 0 heterocycles. The van der Waals surface area contributed by atoms with Gasteiger partial charge in [-0.1, -0.05) is 30.3 Å². The van der Waals surface area contributed by atoms with Crippen molar-refractivity contribution in [3.8, 4) is 0 Å². The first-order valence-corrected chi connectivity index (χ1v) is 7.83. The third-order valence-corrected chi connectivity index (χ3v) is 3.45. The number of carbonyl (C=O) groups excluding carboxylic acids is 1. The van der Waals surface area contributed by atoms with Crippen LogP contribution in [0.2, 0.25) is 0 Å². The molecule has 0 saturated heterocycles. The fourth-order valence-electron chi connectivity index (χ4n) is 2.44. The third-order valence-electron chi connectivity index (χ3n) is 3.45. The maximum Gasteiger partial charge on any atom is 0.408 e. The van der Waals surface area contributed by atoms with E-state index in [1.807, 2.05) is 30.3 Å². The highest BCUT2D eigenvalue weighted by atomic mass is 16.5. The highest BCUT2D eigenvalue weighted by Crippen LogP contribution is 2.19. The molecule has 0 aliphatic rings. The lowest BCUT2D eigenvalue weighted by Crippen LogP contribution is -2.55. The number of aliphatic hydroxyl groups is 1. The van der Waals surface area contributed by atoms with Crippen molar-refractivity contribution in [2.75, 3.05) is 13.2 Å². The first-order chi connectivity index (χ1) is 11.3. The zero-order chi connectivity index (χ0) is 18.2. The molecule has 0 fully saturated rings. The van der Waals surface area contributed by atoms with Crippen LogP contribution in [0.5, 0.6) is 0 Å². The summed E-state index contributed by atoms with van der Waals surface area (Å²) in [4.78, 5) is 24.6. The van der Waals surface area contributed by atoms with E-state index < -0.39 is 23.8 Å². The van der Waals surface area contributed by atoms with Crippen molar-refractivity contribution in [2.45, 2.75) is 45.4 Å². The number of carboxylic acid groups (broad SMARTS) is 1. The van der Waals surface area contributed by atoms with Crippen LogP contribution in [0.15, 0.2) is 30.3 Å². The molecule has 1 rings (SSSR count). The van der Waals surface area contributed by atoms with Crippen molar-refractivity contribution < 1.29 is 24.5 Å². The van der Waals surface area contributed by atoms with Crippen LogP contribution < -0.4 is 5.32 Å². The molecule has 24 heavy (non-hydrogen) atoms. The Labute approximate surface area is 142 Å². The highest BCUT2D eigenvalue weighted by Gasteiger charge is 2.33. The number of aliphatic hydroxyl groups excluding tert-OH is 1. The van der Waals surface area contributed by atoms with E-state index in [0.29, 0.717) is 0 Å². The minimum atomic E-state index is -1.10. The number of nitrogens with zero attached hydrogens (tertiary/aromatic N) is 1. The lowest BCUT2D eigenvalue weighted by Gasteiger charge is -2.39. The molecule has 0 aliphatic heterocycles. The Bertz CT molecular complexity index is 528. The Balaban J connectivity index is 2.58. The van der Waals surface area contributed by atoms with Crippen molar-refractivity contribution in [1.29, 1.82) is 0 Å². The SMILES string of the molecule is CC(C)(C)N(C(=O)O)C(CCO)CNC(=O)OCc1ccccc1. The number of benzene rings is 1. The molecule has 0 bridgehead atoms. The summed E-state index contributed by atoms with van der Waals surface area (Å²) < 4.78 is 5.10. The summed E-state index contributed by atoms with van der Waals surface area (Å²) in [5.74, 6) is 0. The van der Waals surface area contributed by atoms with Gasteiger partial charge in [-0.3, -0.25) is 4.90 Å². The predicted octanol–water partition coefficient (Wildman–Crippen LogP) is 2.44. The summed E-state index contributed by atoms with van der Waals surface area (Å²) in [6, 6.07) is 8.71. The van der Waals surface area contributed by atoms with E-state index in [0.717, 1.165) is 5.56 Å². The minimum absolute atomic E-state index is 0.0672. The van der Waals surface area contributed by atoms with Gasteiger partial charge in [0.25, 0.3) is 0 Å². The van der Waals surface area contributed by atoms with E-state index >= 15 is 0 Å². The van der Waals surface area contributed by atoms with Crippen LogP contribution in [0.4, 0.5) is 9.59 Å². The summed E-state index contributed by atoms with van der Waals surface area (Å²) in [7, 11) is 0. The molecule has 1 aromatic carbocycles. The zero-order valence-electron chi connectivity index (χ0n) is 14.4. The maximum absolute atomic E-state index is 11.8. The van der Waals surface area contributed by atoms with Crippen molar-refractivity contribution >= 4 is 12.2 Å². The van der Waals surface area contributed by atoms with E-state index in [9.17, 15) is 19.8 Å². The number of carbonyl (C=O) groups is 2. The number of nitrogens with one attached hydrogen (secondary N) is 1. The molecule has 1 unspecified atom stereocenters. The van der Waals surface area contributed by atoms with Gasteiger partial charge in [-0.2, -0.15) is 0 Å². The van der Waals surface area contributed by atoms with E-state index in [4.69, 9.17) is 4.74 Å². The van der Waals surface area contributed by atoms with Crippen molar-refractivity contribution in [3.63, 3.8) is 0 Å². The molecule has 1 atom stereocenters. The fourth-order valence-corrected chi connectivity index (χ4v) is 2.44. The van der Waals surface area contributed by atoms with Crippen LogP contribution in [-0.2, 0) is 11.3 Å². The molecule has 0 radical (unpaired) electrons. The molecule has 0 saturated carbocycles. The normalized spacial score (nSPS) is 12.3. The van der Waals surface area contributed by atoms with Gasteiger partial charge in [0.15, 0.2) is 0 Å². The lowest BCUT2D eigenvalue weighted by atomic mass is 10.0. The molecule has 2 amide bonds. The Morgan fingerprint density at radius 2 is 1.88 bits per heavy atom. The summed E-state index contributed by atoms with van der Waals surface area (Å²) >= 11 is 0. The number of hydrogen-bond acceptors (Lipinski definition) is 4. The van der Waals surface area contributed by atoms with Gasteiger partial charge >= 0.3 is 12.2 Å². The molecular weight excluding hydrogens is 312 g/mol. The van der Waals surface area contributed by atoms with Crippen LogP contribution in [0.25, 0.3) is 0 Å². The number of rotatable bonds is 7. The van der Waals surface area contributed by atoms with E-state index in [1.165, 1.54) is 4.90 Å². The molecule has 7 nitrogen and oxygen atoms in total. The van der Waals surface area contributed by atoms with Crippen LogP contribution in [0.1, 0.15) is 32.8 Å². The topological polar surface area (TPSA) is 99.1 Å². The van der Waals surface area contributed by atoms with E-state index in [1.54, 1.807) is 20.8 Å². The van der Waals surface area contributed by atoms with Gasteiger partial charge in [-0.15, -0.1) is 0 Å². The molecule has 3 N–H and O–H groups in total. The summed E-state index contributed by atoms with van der Waals surface area (Å²) in [5, 5.41) is 21.2. The van der Waals surface area contributed by atoms with Gasteiger partial charge in [-0.05, 0) is 32.8 Å². The van der Waals surface area contributed by atoms with Crippen molar-refractivity contribution in [3.05, 3.63) is 35.9 Å². The first-order valence-electron chi connectivity index (χ1n) is 7.83. The van der Waals surface area contributed by atoms with Crippen LogP contribution >= 0.6 is 0 Å². The Morgan fingerprint density at radius 1 is 1.25 bits per heavy atom. The molecule has 1 aromatic rings. The minimum Gasteiger partial charge on any atom is -0.465 e. The second-order valence-electron chi connectivity index (χ2n) is 6.43. The number of ether oxygens (including phenoxy) is 1. The number of alkyl carbamates (subject to hydrolysis) is 1. The largest absolute Gasteiger partial charge is 0.465 e. The standard InChI is InChI=1S/C17H26N2O5/c1-17(2,3)19(16(22)23)14(9-10-20)11-18-15(21)24-12-13-7-5-4-6-8-13/h4-8,14,20H,9-12H2,1-3H3,(H,18,21)(H,22,23). The van der Waals surface area contributed by atoms with E-state index in [2.05, 4.69) is 5.32 Å². The highest BCUT2D eigenvalue weighted by molar-refractivity contribution is 5.68. The Kier molecular flexibility index (Phi) is 7.51. The molecular formula is C17H26N2O5. The number of amides is 2. The average Bonchev–Trinajstić information content (AvgIpc) is 2.50. The third kappa shape index (κ3) is 6.45.